The van der Waals surface area contributed by atoms with E-state index in [1.54, 1.807) is 0 Å². The zero-order chi connectivity index (χ0) is 41.3. The van der Waals surface area contributed by atoms with E-state index in [2.05, 4.69) is 228 Å². The van der Waals surface area contributed by atoms with E-state index in [0.29, 0.717) is 0 Å². The Morgan fingerprint density at radius 2 is 1.05 bits per heavy atom. The molecule has 2 unspecified atom stereocenters. The average Bonchev–Trinajstić information content (AvgIpc) is 3.46. The van der Waals surface area contributed by atoms with E-state index >= 15 is 0 Å². The van der Waals surface area contributed by atoms with Gasteiger partial charge < -0.3 is 14.7 Å². The molecular formula is C56H54BN3. The van der Waals surface area contributed by atoms with Gasteiger partial charge in [-0.3, -0.25) is 0 Å². The molecule has 1 aliphatic carbocycles. The van der Waals surface area contributed by atoms with Crippen molar-refractivity contribution in [1.29, 1.82) is 0 Å². The lowest BCUT2D eigenvalue weighted by atomic mass is 9.33. The van der Waals surface area contributed by atoms with E-state index in [0.717, 1.165) is 12.8 Å². The van der Waals surface area contributed by atoms with Gasteiger partial charge in [0.2, 0.25) is 0 Å². The first-order valence-corrected chi connectivity index (χ1v) is 21.9. The summed E-state index contributed by atoms with van der Waals surface area (Å²) >= 11 is 0. The van der Waals surface area contributed by atoms with Crippen molar-refractivity contribution in [2.75, 3.05) is 14.7 Å². The minimum Gasteiger partial charge on any atom is -0.330 e. The number of anilines is 8. The van der Waals surface area contributed by atoms with E-state index in [1.165, 1.54) is 89.7 Å². The monoisotopic (exact) mass is 779 g/mol. The topological polar surface area (TPSA) is 9.72 Å². The van der Waals surface area contributed by atoms with Crippen LogP contribution < -0.4 is 31.1 Å². The lowest BCUT2D eigenvalue weighted by Gasteiger charge is -2.52. The number of aryl methyl sites for hydroxylation is 1. The van der Waals surface area contributed by atoms with Crippen molar-refractivity contribution in [3.05, 3.63) is 186 Å². The van der Waals surface area contributed by atoms with Gasteiger partial charge in [0.05, 0.1) is 5.54 Å². The van der Waals surface area contributed by atoms with Crippen LogP contribution in [0.3, 0.4) is 0 Å². The Hall–Kier alpha value is -6.00. The van der Waals surface area contributed by atoms with Crippen LogP contribution in [0.1, 0.15) is 89.6 Å². The number of hydrogen-bond donors (Lipinski definition) is 0. The Labute approximate surface area is 357 Å². The van der Waals surface area contributed by atoms with Gasteiger partial charge in [-0.2, -0.15) is 0 Å². The van der Waals surface area contributed by atoms with Crippen LogP contribution in [0.5, 0.6) is 0 Å². The highest BCUT2D eigenvalue weighted by Crippen LogP contribution is 2.64. The van der Waals surface area contributed by atoms with E-state index in [-0.39, 0.29) is 28.5 Å². The second-order valence-corrected chi connectivity index (χ2v) is 20.1. The summed E-state index contributed by atoms with van der Waals surface area (Å²) in [5.41, 5.74) is 20.4. The second-order valence-electron chi connectivity index (χ2n) is 20.1. The van der Waals surface area contributed by atoms with Crippen LogP contribution in [0.25, 0.3) is 0 Å². The van der Waals surface area contributed by atoms with Crippen molar-refractivity contribution in [2.45, 2.75) is 90.0 Å². The standard InChI is InChI=1S/C56H54BN3/c1-53(2,3)38-20-18-23-41(33-38)59-49-34-39(54(4,5)6)29-30-46(49)57-45-26-15-17-28-48(45)58(40-21-10-9-11-22-40)50-35-42(36-51(59)52(50)57)60-47-27-16-14-25-44(47)55(7)32-31-37-19-12-13-24-43(37)56(55,60)8/h9-30,33-36H,31-32H2,1-8H3. The summed E-state index contributed by atoms with van der Waals surface area (Å²) < 4.78 is 0. The Morgan fingerprint density at radius 3 is 1.78 bits per heavy atom. The summed E-state index contributed by atoms with van der Waals surface area (Å²) in [7, 11) is 0. The second kappa shape index (κ2) is 12.8. The zero-order valence-corrected chi connectivity index (χ0v) is 36.3. The Morgan fingerprint density at radius 1 is 0.467 bits per heavy atom. The summed E-state index contributed by atoms with van der Waals surface area (Å²) in [6, 6.07) is 60.4. The Bertz CT molecular complexity index is 2860. The van der Waals surface area contributed by atoms with E-state index < -0.39 is 0 Å². The molecule has 2 atom stereocenters. The molecule has 0 N–H and O–H groups in total. The molecule has 4 aliphatic rings. The van der Waals surface area contributed by atoms with Crippen molar-refractivity contribution in [3.8, 4) is 0 Å². The van der Waals surface area contributed by atoms with Crippen LogP contribution in [0.4, 0.5) is 45.5 Å². The molecule has 0 radical (unpaired) electrons. The maximum Gasteiger partial charge on any atom is 0.252 e. The number of rotatable bonds is 3. The van der Waals surface area contributed by atoms with E-state index in [1.807, 2.05) is 0 Å². The lowest BCUT2D eigenvalue weighted by Crippen LogP contribution is -2.61. The first kappa shape index (κ1) is 37.0. The molecule has 0 amide bonds. The molecule has 296 valence electrons. The van der Waals surface area contributed by atoms with Gasteiger partial charge >= 0.3 is 0 Å². The molecule has 7 aromatic rings. The molecule has 3 aliphatic heterocycles. The maximum atomic E-state index is 2.74. The molecule has 11 rings (SSSR count). The largest absolute Gasteiger partial charge is 0.330 e. The van der Waals surface area contributed by atoms with Crippen LogP contribution in [0.15, 0.2) is 158 Å². The molecular weight excluding hydrogens is 725 g/mol. The average molecular weight is 780 g/mol. The molecule has 0 aromatic heterocycles. The van der Waals surface area contributed by atoms with E-state index in [4.69, 9.17) is 0 Å². The van der Waals surface area contributed by atoms with Crippen LogP contribution in [0, 0.1) is 0 Å². The molecule has 0 spiro atoms. The quantitative estimate of drug-likeness (QED) is 0.165. The van der Waals surface area contributed by atoms with Gasteiger partial charge in [-0.15, -0.1) is 0 Å². The van der Waals surface area contributed by atoms with Crippen LogP contribution in [0.2, 0.25) is 0 Å². The third-order valence-electron chi connectivity index (χ3n) is 14.8. The summed E-state index contributed by atoms with van der Waals surface area (Å²) in [6.07, 6.45) is 2.16. The SMILES string of the molecule is CC(C)(C)c1cccc(N2c3cc(C(C)(C)C)ccc3B3c4ccccc4N(c4ccccc4)c4cc(N5c6ccccc6C6(C)CCc7ccccc7C56C)cc2c43)c1. The van der Waals surface area contributed by atoms with Crippen LogP contribution in [-0.4, -0.2) is 6.71 Å². The fraction of sp³-hybridized carbons (Fsp3) is 0.250. The number of fused-ring (bicyclic) bond motifs is 9. The Kier molecular flexibility index (Phi) is 7.87. The first-order valence-electron chi connectivity index (χ1n) is 21.9. The predicted octanol–water partition coefficient (Wildman–Crippen LogP) is 12.6. The number of para-hydroxylation sites is 3. The maximum absolute atomic E-state index is 2.74. The molecule has 4 heteroatoms. The van der Waals surface area contributed by atoms with Gasteiger partial charge in [0.1, 0.15) is 0 Å². The zero-order valence-electron chi connectivity index (χ0n) is 36.3. The van der Waals surface area contributed by atoms with Gasteiger partial charge in [0, 0.05) is 50.9 Å². The predicted molar refractivity (Wildman–Crippen MR) is 256 cm³/mol. The van der Waals surface area contributed by atoms with Crippen molar-refractivity contribution < 1.29 is 0 Å². The highest BCUT2D eigenvalue weighted by atomic mass is 15.3. The summed E-state index contributed by atoms with van der Waals surface area (Å²) in [4.78, 5) is 7.90. The summed E-state index contributed by atoms with van der Waals surface area (Å²) in [5, 5.41) is 0. The van der Waals surface area contributed by atoms with Crippen molar-refractivity contribution >= 4 is 68.6 Å². The minimum absolute atomic E-state index is 0.0125. The third-order valence-corrected chi connectivity index (χ3v) is 14.8. The van der Waals surface area contributed by atoms with Crippen LogP contribution >= 0.6 is 0 Å². The van der Waals surface area contributed by atoms with Crippen molar-refractivity contribution in [3.63, 3.8) is 0 Å². The minimum atomic E-state index is -0.334. The molecule has 3 heterocycles. The number of benzene rings is 7. The van der Waals surface area contributed by atoms with Crippen molar-refractivity contribution in [1.82, 2.24) is 0 Å². The number of hydrogen-bond acceptors (Lipinski definition) is 3. The van der Waals surface area contributed by atoms with Crippen molar-refractivity contribution in [2.24, 2.45) is 0 Å². The smallest absolute Gasteiger partial charge is 0.252 e. The lowest BCUT2D eigenvalue weighted by molar-refractivity contribution is 0.245. The highest BCUT2D eigenvalue weighted by molar-refractivity contribution is 7.00. The molecule has 0 bridgehead atoms. The van der Waals surface area contributed by atoms with E-state index in [9.17, 15) is 0 Å². The molecule has 60 heavy (non-hydrogen) atoms. The third kappa shape index (κ3) is 5.09. The molecule has 3 nitrogen and oxygen atoms in total. The fourth-order valence-electron chi connectivity index (χ4n) is 11.4. The molecule has 0 saturated carbocycles. The first-order chi connectivity index (χ1) is 28.8. The molecule has 0 saturated heterocycles. The normalized spacial score (nSPS) is 19.9. The number of nitrogens with zero attached hydrogens (tertiary/aromatic N) is 3. The van der Waals surface area contributed by atoms with Gasteiger partial charge in [0.15, 0.2) is 0 Å². The fourth-order valence-corrected chi connectivity index (χ4v) is 11.4. The van der Waals surface area contributed by atoms with Crippen LogP contribution in [-0.2, 0) is 28.2 Å². The Balaban J connectivity index is 1.28. The van der Waals surface area contributed by atoms with Gasteiger partial charge in [0.25, 0.3) is 6.71 Å². The van der Waals surface area contributed by atoms with Gasteiger partial charge in [-0.1, -0.05) is 152 Å². The molecule has 7 aromatic carbocycles. The summed E-state index contributed by atoms with van der Waals surface area (Å²) in [5.74, 6) is 0. The summed E-state index contributed by atoms with van der Waals surface area (Å²) in [6.45, 7) is 19.1. The highest BCUT2D eigenvalue weighted by Gasteiger charge is 2.60. The van der Waals surface area contributed by atoms with Gasteiger partial charge in [-0.25, -0.2) is 0 Å². The molecule has 0 fully saturated rings. The van der Waals surface area contributed by atoms with Gasteiger partial charge in [-0.05, 0) is 129 Å².